The zero-order valence-corrected chi connectivity index (χ0v) is 11.7. The van der Waals surface area contributed by atoms with Crippen LogP contribution in [0.1, 0.15) is 20.8 Å². The van der Waals surface area contributed by atoms with Crippen LogP contribution in [0.25, 0.3) is 0 Å². The molecule has 1 aliphatic heterocycles. The lowest BCUT2D eigenvalue weighted by Gasteiger charge is -2.31. The van der Waals surface area contributed by atoms with Gasteiger partial charge in [0, 0.05) is 27.2 Å². The normalized spacial score (nSPS) is 17.4. The fraction of sp³-hybridized carbons (Fsp3) is 1.00. The van der Waals surface area contributed by atoms with Crippen LogP contribution in [0.4, 0.5) is 0 Å². The molecule has 0 bridgehead atoms. The summed E-state index contributed by atoms with van der Waals surface area (Å²) in [7, 11) is 4.12. The number of nitrogens with zero attached hydrogens (tertiary/aromatic N) is 3. The zero-order valence-electron chi connectivity index (χ0n) is 11.7. The monoisotopic (exact) mass is 231 g/mol. The van der Waals surface area contributed by atoms with E-state index in [4.69, 9.17) is 4.74 Å². The molecule has 0 amide bonds. The zero-order chi connectivity index (χ0) is 12.4. The van der Waals surface area contributed by atoms with Crippen molar-refractivity contribution in [2.24, 2.45) is 0 Å². The average Bonchev–Trinajstić information content (AvgIpc) is 2.33. The van der Waals surface area contributed by atoms with Crippen LogP contribution in [0.2, 0.25) is 0 Å². The molecule has 0 radical (unpaired) electrons. The highest BCUT2D eigenvalue weighted by Crippen LogP contribution is 1.96. The highest BCUT2D eigenvalue weighted by Gasteiger charge is 2.10. The molecular weight excluding hydrogens is 202 g/mol. The largest absolute Gasteiger partial charge is 0.379 e. The highest BCUT2D eigenvalue weighted by atomic mass is 16.5. The van der Waals surface area contributed by atoms with E-state index in [1.54, 1.807) is 0 Å². The van der Waals surface area contributed by atoms with E-state index in [0.29, 0.717) is 0 Å². The molecule has 0 aromatic heterocycles. The summed E-state index contributed by atoms with van der Waals surface area (Å²) in [6.07, 6.45) is 0. The molecular formula is C12H29N3O. The second-order valence-electron chi connectivity index (χ2n) is 4.03. The molecule has 0 aromatic rings. The number of hydrogen-bond donors (Lipinski definition) is 0. The summed E-state index contributed by atoms with van der Waals surface area (Å²) in [5.41, 5.74) is 0. The fourth-order valence-electron chi connectivity index (χ4n) is 1.62. The molecule has 0 aromatic carbocycles. The van der Waals surface area contributed by atoms with Gasteiger partial charge in [0.1, 0.15) is 0 Å². The topological polar surface area (TPSA) is 19.0 Å². The first-order valence-electron chi connectivity index (χ1n) is 6.37. The van der Waals surface area contributed by atoms with Gasteiger partial charge < -0.3 is 9.64 Å². The summed E-state index contributed by atoms with van der Waals surface area (Å²) >= 11 is 0. The van der Waals surface area contributed by atoms with E-state index in [1.165, 1.54) is 19.6 Å². The van der Waals surface area contributed by atoms with Gasteiger partial charge in [0.15, 0.2) is 0 Å². The van der Waals surface area contributed by atoms with Crippen molar-refractivity contribution >= 4 is 0 Å². The Balaban J connectivity index is 0.000000293. The van der Waals surface area contributed by atoms with Gasteiger partial charge >= 0.3 is 0 Å². The molecule has 0 spiro atoms. The van der Waals surface area contributed by atoms with Crippen LogP contribution in [0.5, 0.6) is 0 Å². The predicted molar refractivity (Wildman–Crippen MR) is 69.5 cm³/mol. The number of ether oxygens (including phenoxy) is 1. The molecule has 0 N–H and O–H groups in total. The van der Waals surface area contributed by atoms with Crippen molar-refractivity contribution in [2.45, 2.75) is 20.8 Å². The van der Waals surface area contributed by atoms with Crippen LogP contribution in [0.15, 0.2) is 0 Å². The first-order chi connectivity index (χ1) is 7.65. The van der Waals surface area contributed by atoms with Gasteiger partial charge in [-0.1, -0.05) is 20.8 Å². The lowest BCUT2D eigenvalue weighted by Crippen LogP contribution is -2.44. The lowest BCUT2D eigenvalue weighted by molar-refractivity contribution is -0.0615. The minimum absolute atomic E-state index is 0.873. The number of rotatable bonds is 4. The summed E-state index contributed by atoms with van der Waals surface area (Å²) in [4.78, 5) is 2.38. The Morgan fingerprint density at radius 1 is 0.938 bits per heavy atom. The Kier molecular flexibility index (Phi) is 9.92. The van der Waals surface area contributed by atoms with Crippen LogP contribution < -0.4 is 0 Å². The van der Waals surface area contributed by atoms with E-state index in [0.717, 1.165) is 26.3 Å². The van der Waals surface area contributed by atoms with Gasteiger partial charge in [-0.2, -0.15) is 0 Å². The van der Waals surface area contributed by atoms with Crippen molar-refractivity contribution in [3.05, 3.63) is 0 Å². The minimum atomic E-state index is 0.873. The Morgan fingerprint density at radius 3 is 1.56 bits per heavy atom. The van der Waals surface area contributed by atoms with Gasteiger partial charge in [-0.3, -0.25) is 0 Å². The summed E-state index contributed by atoms with van der Waals surface area (Å²) in [5.74, 6) is 0. The standard InChI is InChI=1S/C6H14N2O.C6H15N/c1-7(2)8-3-5-9-6-4-8;1-4-7(5-2)6-3/h3-6H2,1-2H3;4-6H2,1-3H3. The van der Waals surface area contributed by atoms with Crippen molar-refractivity contribution < 1.29 is 4.74 Å². The maximum absolute atomic E-state index is 5.18. The molecule has 16 heavy (non-hydrogen) atoms. The Hall–Kier alpha value is -0.160. The summed E-state index contributed by atoms with van der Waals surface area (Å²) in [5, 5.41) is 4.38. The Bertz CT molecular complexity index is 138. The van der Waals surface area contributed by atoms with Gasteiger partial charge in [0.25, 0.3) is 0 Å². The second-order valence-corrected chi connectivity index (χ2v) is 4.03. The van der Waals surface area contributed by atoms with E-state index in [2.05, 4.69) is 49.8 Å². The molecule has 0 aliphatic carbocycles. The van der Waals surface area contributed by atoms with Gasteiger partial charge in [-0.15, -0.1) is 0 Å². The van der Waals surface area contributed by atoms with Crippen LogP contribution in [0.3, 0.4) is 0 Å². The summed E-state index contributed by atoms with van der Waals surface area (Å²) in [6, 6.07) is 0. The maximum Gasteiger partial charge on any atom is 0.0608 e. The lowest BCUT2D eigenvalue weighted by atomic mass is 10.5. The summed E-state index contributed by atoms with van der Waals surface area (Å²) in [6.45, 7) is 13.9. The average molecular weight is 231 g/mol. The third-order valence-electron chi connectivity index (χ3n) is 2.89. The number of hydrazine groups is 1. The van der Waals surface area contributed by atoms with E-state index in [9.17, 15) is 0 Å². The third kappa shape index (κ3) is 7.17. The molecule has 0 saturated carbocycles. The molecule has 98 valence electrons. The molecule has 1 rings (SSSR count). The molecule has 1 fully saturated rings. The van der Waals surface area contributed by atoms with Gasteiger partial charge in [0.2, 0.25) is 0 Å². The van der Waals surface area contributed by atoms with E-state index in [-0.39, 0.29) is 0 Å². The maximum atomic E-state index is 5.18. The minimum Gasteiger partial charge on any atom is -0.379 e. The quantitative estimate of drug-likeness (QED) is 0.722. The van der Waals surface area contributed by atoms with E-state index >= 15 is 0 Å². The molecule has 0 atom stereocenters. The highest BCUT2D eigenvalue weighted by molar-refractivity contribution is 4.55. The van der Waals surface area contributed by atoms with E-state index in [1.807, 2.05) is 0 Å². The molecule has 1 aliphatic rings. The van der Waals surface area contributed by atoms with Crippen molar-refractivity contribution in [1.29, 1.82) is 0 Å². The molecule has 1 saturated heterocycles. The van der Waals surface area contributed by atoms with Crippen LogP contribution in [0, 0.1) is 0 Å². The molecule has 4 heteroatoms. The van der Waals surface area contributed by atoms with Crippen molar-refractivity contribution in [3.63, 3.8) is 0 Å². The SMILES string of the molecule is CCN(CC)CC.CN(C)N1CCOCC1. The van der Waals surface area contributed by atoms with Crippen molar-refractivity contribution in [3.8, 4) is 0 Å². The first kappa shape index (κ1) is 15.8. The summed E-state index contributed by atoms with van der Waals surface area (Å²) < 4.78 is 5.18. The van der Waals surface area contributed by atoms with Gasteiger partial charge in [0.05, 0.1) is 13.2 Å². The Morgan fingerprint density at radius 2 is 1.38 bits per heavy atom. The van der Waals surface area contributed by atoms with Crippen molar-refractivity contribution in [1.82, 2.24) is 14.9 Å². The Labute approximate surface area is 101 Å². The third-order valence-corrected chi connectivity index (χ3v) is 2.89. The van der Waals surface area contributed by atoms with Crippen LogP contribution in [-0.4, -0.2) is 75.0 Å². The van der Waals surface area contributed by atoms with Crippen molar-refractivity contribution in [2.75, 3.05) is 60.0 Å². The molecule has 0 unspecified atom stereocenters. The molecule has 4 nitrogen and oxygen atoms in total. The van der Waals surface area contributed by atoms with E-state index < -0.39 is 0 Å². The smallest absolute Gasteiger partial charge is 0.0608 e. The number of hydrogen-bond acceptors (Lipinski definition) is 4. The van der Waals surface area contributed by atoms with Crippen LogP contribution in [-0.2, 0) is 4.74 Å². The number of morpholine rings is 1. The first-order valence-corrected chi connectivity index (χ1v) is 6.37. The second kappa shape index (κ2) is 10.0. The molecule has 1 heterocycles. The van der Waals surface area contributed by atoms with Gasteiger partial charge in [-0.05, 0) is 19.6 Å². The van der Waals surface area contributed by atoms with Crippen LogP contribution >= 0.6 is 0 Å². The van der Waals surface area contributed by atoms with Gasteiger partial charge in [-0.25, -0.2) is 10.0 Å². The predicted octanol–water partition coefficient (Wildman–Crippen LogP) is 1.14. The fourth-order valence-corrected chi connectivity index (χ4v) is 1.62.